The minimum absolute atomic E-state index is 0.163. The first kappa shape index (κ1) is 24.2. The lowest BCUT2D eigenvalue weighted by Gasteiger charge is -2.14. The van der Waals surface area contributed by atoms with Gasteiger partial charge in [-0.05, 0) is 36.2 Å². The van der Waals surface area contributed by atoms with E-state index in [-0.39, 0.29) is 5.43 Å². The lowest BCUT2D eigenvalue weighted by Crippen LogP contribution is -2.05. The molecular formula is C29H30O6. The van der Waals surface area contributed by atoms with E-state index in [1.54, 1.807) is 38.5 Å². The molecule has 182 valence electrons. The second kappa shape index (κ2) is 11.5. The van der Waals surface area contributed by atoms with Gasteiger partial charge in [0, 0.05) is 17.7 Å². The van der Waals surface area contributed by atoms with Crippen LogP contribution in [-0.4, -0.2) is 20.8 Å². The van der Waals surface area contributed by atoms with Crippen LogP contribution < -0.4 is 24.4 Å². The van der Waals surface area contributed by atoms with Crippen molar-refractivity contribution in [1.29, 1.82) is 0 Å². The summed E-state index contributed by atoms with van der Waals surface area (Å²) in [6.07, 6.45) is 3.10. The predicted octanol–water partition coefficient (Wildman–Crippen LogP) is 6.63. The van der Waals surface area contributed by atoms with Crippen LogP contribution in [0, 0.1) is 0 Å². The molecule has 0 saturated heterocycles. The van der Waals surface area contributed by atoms with Gasteiger partial charge in [-0.25, -0.2) is 0 Å². The molecule has 0 unspecified atom stereocenters. The Balaban J connectivity index is 1.72. The predicted molar refractivity (Wildman–Crippen MR) is 137 cm³/mol. The number of benzene rings is 3. The Morgan fingerprint density at radius 3 is 2.29 bits per heavy atom. The van der Waals surface area contributed by atoms with E-state index in [0.29, 0.717) is 58.5 Å². The van der Waals surface area contributed by atoms with Crippen LogP contribution in [0.3, 0.4) is 0 Å². The van der Waals surface area contributed by atoms with Crippen LogP contribution >= 0.6 is 0 Å². The third-order valence-corrected chi connectivity index (χ3v) is 5.70. The standard InChI is InChI=1S/C29H30O6/c1-4-5-9-14-33-28-16-22-23(30)17-25(21-12-13-24(31-2)27(15-21)32-3)35-26(22)18-29(28)34-19-20-10-7-6-8-11-20/h6-8,10-13,15-18H,4-5,9,14,19H2,1-3H3. The van der Waals surface area contributed by atoms with Crippen LogP contribution in [0.25, 0.3) is 22.3 Å². The highest BCUT2D eigenvalue weighted by atomic mass is 16.5. The summed E-state index contributed by atoms with van der Waals surface area (Å²) >= 11 is 0. The summed E-state index contributed by atoms with van der Waals surface area (Å²) in [4.78, 5) is 13.1. The van der Waals surface area contributed by atoms with Crippen LogP contribution in [0.4, 0.5) is 0 Å². The highest BCUT2D eigenvalue weighted by Crippen LogP contribution is 2.36. The average Bonchev–Trinajstić information content (AvgIpc) is 2.90. The molecule has 3 aromatic carbocycles. The molecule has 0 spiro atoms. The molecule has 0 fully saturated rings. The summed E-state index contributed by atoms with van der Waals surface area (Å²) in [5.41, 5.74) is 1.99. The molecule has 35 heavy (non-hydrogen) atoms. The molecule has 0 amide bonds. The number of rotatable bonds is 11. The Labute approximate surface area is 205 Å². The van der Waals surface area contributed by atoms with Crippen LogP contribution in [0.5, 0.6) is 23.0 Å². The summed E-state index contributed by atoms with van der Waals surface area (Å²) in [5, 5.41) is 0.437. The number of fused-ring (bicyclic) bond motifs is 1. The summed E-state index contributed by atoms with van der Waals surface area (Å²) in [5.74, 6) is 2.64. The third-order valence-electron chi connectivity index (χ3n) is 5.70. The molecule has 0 aliphatic heterocycles. The minimum Gasteiger partial charge on any atom is -0.493 e. The van der Waals surface area contributed by atoms with E-state index in [4.69, 9.17) is 23.4 Å². The van der Waals surface area contributed by atoms with Gasteiger partial charge in [0.2, 0.25) is 0 Å². The molecule has 0 bridgehead atoms. The van der Waals surface area contributed by atoms with E-state index < -0.39 is 0 Å². The zero-order valence-electron chi connectivity index (χ0n) is 20.3. The van der Waals surface area contributed by atoms with E-state index in [0.717, 1.165) is 24.8 Å². The number of hydrogen-bond donors (Lipinski definition) is 0. The number of methoxy groups -OCH3 is 2. The van der Waals surface area contributed by atoms with Gasteiger partial charge in [-0.15, -0.1) is 0 Å². The fourth-order valence-corrected chi connectivity index (χ4v) is 3.79. The third kappa shape index (κ3) is 5.77. The Kier molecular flexibility index (Phi) is 7.93. The lowest BCUT2D eigenvalue weighted by atomic mass is 10.1. The minimum atomic E-state index is -0.163. The van der Waals surface area contributed by atoms with Crippen molar-refractivity contribution in [2.24, 2.45) is 0 Å². The molecule has 6 nitrogen and oxygen atoms in total. The molecule has 4 aromatic rings. The molecule has 0 aliphatic rings. The van der Waals surface area contributed by atoms with Gasteiger partial charge in [-0.2, -0.15) is 0 Å². The Hall–Kier alpha value is -3.93. The SMILES string of the molecule is CCCCCOc1cc2c(=O)cc(-c3ccc(OC)c(OC)c3)oc2cc1OCc1ccccc1. The van der Waals surface area contributed by atoms with E-state index in [9.17, 15) is 4.79 Å². The monoisotopic (exact) mass is 474 g/mol. The maximum atomic E-state index is 13.1. The van der Waals surface area contributed by atoms with Gasteiger partial charge in [0.1, 0.15) is 18.0 Å². The van der Waals surface area contributed by atoms with Gasteiger partial charge in [-0.1, -0.05) is 50.1 Å². The first-order chi connectivity index (χ1) is 17.1. The zero-order valence-corrected chi connectivity index (χ0v) is 20.3. The first-order valence-electron chi connectivity index (χ1n) is 11.8. The maximum Gasteiger partial charge on any atom is 0.193 e. The normalized spacial score (nSPS) is 10.8. The second-order valence-electron chi connectivity index (χ2n) is 8.17. The largest absolute Gasteiger partial charge is 0.493 e. The highest BCUT2D eigenvalue weighted by Gasteiger charge is 2.15. The Morgan fingerprint density at radius 1 is 0.771 bits per heavy atom. The quantitative estimate of drug-likeness (QED) is 0.227. The zero-order chi connectivity index (χ0) is 24.6. The summed E-state index contributed by atoms with van der Waals surface area (Å²) in [6, 6.07) is 20.2. The molecule has 0 radical (unpaired) electrons. The molecule has 0 aliphatic carbocycles. The lowest BCUT2D eigenvalue weighted by molar-refractivity contribution is 0.258. The van der Waals surface area contributed by atoms with Crippen molar-refractivity contribution < 1.29 is 23.4 Å². The van der Waals surface area contributed by atoms with E-state index >= 15 is 0 Å². The average molecular weight is 475 g/mol. The van der Waals surface area contributed by atoms with Crippen molar-refractivity contribution in [3.63, 3.8) is 0 Å². The van der Waals surface area contributed by atoms with Gasteiger partial charge in [-0.3, -0.25) is 4.79 Å². The van der Waals surface area contributed by atoms with E-state index in [2.05, 4.69) is 6.92 Å². The molecule has 0 atom stereocenters. The van der Waals surface area contributed by atoms with E-state index in [1.807, 2.05) is 36.4 Å². The van der Waals surface area contributed by atoms with Crippen molar-refractivity contribution in [2.45, 2.75) is 32.8 Å². The Bertz CT molecular complexity index is 1330. The first-order valence-corrected chi connectivity index (χ1v) is 11.8. The van der Waals surface area contributed by atoms with Crippen molar-refractivity contribution in [2.75, 3.05) is 20.8 Å². The molecule has 1 aromatic heterocycles. The van der Waals surface area contributed by atoms with Crippen molar-refractivity contribution in [3.05, 3.63) is 82.5 Å². The molecular weight excluding hydrogens is 444 g/mol. The molecule has 6 heteroatoms. The van der Waals surface area contributed by atoms with Crippen LogP contribution in [-0.2, 0) is 6.61 Å². The van der Waals surface area contributed by atoms with Crippen LogP contribution in [0.15, 0.2) is 75.9 Å². The fourth-order valence-electron chi connectivity index (χ4n) is 3.79. The summed E-state index contributed by atoms with van der Waals surface area (Å²) < 4.78 is 29.0. The van der Waals surface area contributed by atoms with Gasteiger partial charge in [0.15, 0.2) is 28.4 Å². The number of hydrogen-bond acceptors (Lipinski definition) is 6. The fraction of sp³-hybridized carbons (Fsp3) is 0.276. The van der Waals surface area contributed by atoms with E-state index in [1.165, 1.54) is 6.07 Å². The van der Waals surface area contributed by atoms with Crippen LogP contribution in [0.1, 0.15) is 31.7 Å². The molecule has 0 saturated carbocycles. The highest BCUT2D eigenvalue weighted by molar-refractivity contribution is 5.82. The maximum absolute atomic E-state index is 13.1. The summed E-state index contributed by atoms with van der Waals surface area (Å²) in [7, 11) is 3.14. The van der Waals surface area contributed by atoms with Gasteiger partial charge < -0.3 is 23.4 Å². The van der Waals surface area contributed by atoms with Gasteiger partial charge in [0.05, 0.1) is 26.2 Å². The molecule has 1 heterocycles. The molecule has 4 rings (SSSR count). The van der Waals surface area contributed by atoms with Crippen molar-refractivity contribution in [1.82, 2.24) is 0 Å². The summed E-state index contributed by atoms with van der Waals surface area (Å²) in [6.45, 7) is 3.07. The van der Waals surface area contributed by atoms with Gasteiger partial charge >= 0.3 is 0 Å². The Morgan fingerprint density at radius 2 is 1.54 bits per heavy atom. The topological polar surface area (TPSA) is 67.1 Å². The van der Waals surface area contributed by atoms with Crippen molar-refractivity contribution in [3.8, 4) is 34.3 Å². The van der Waals surface area contributed by atoms with Crippen LogP contribution in [0.2, 0.25) is 0 Å². The second-order valence-corrected chi connectivity index (χ2v) is 8.17. The van der Waals surface area contributed by atoms with Gasteiger partial charge in [0.25, 0.3) is 0 Å². The van der Waals surface area contributed by atoms with Crippen molar-refractivity contribution >= 4 is 11.0 Å². The molecule has 0 N–H and O–H groups in total. The number of unbranched alkanes of at least 4 members (excludes halogenated alkanes) is 2. The smallest absolute Gasteiger partial charge is 0.193 e. The number of ether oxygens (including phenoxy) is 4.